The third kappa shape index (κ3) is 2.64. The number of aromatic carboxylic acids is 1. The zero-order valence-corrected chi connectivity index (χ0v) is 10.6. The summed E-state index contributed by atoms with van der Waals surface area (Å²) in [6, 6.07) is 5.62. The predicted octanol–water partition coefficient (Wildman–Crippen LogP) is 2.23. The van der Waals surface area contributed by atoms with Gasteiger partial charge in [-0.25, -0.2) is 4.79 Å². The lowest BCUT2D eigenvalue weighted by Gasteiger charge is -2.22. The number of hydrogen-bond donors (Lipinski definition) is 3. The first-order valence-corrected chi connectivity index (χ1v) is 6.42. The van der Waals surface area contributed by atoms with E-state index >= 15 is 0 Å². The number of carboxylic acids is 1. The number of carbonyl (C=O) groups is 1. The Labute approximate surface area is 107 Å². The van der Waals surface area contributed by atoms with E-state index in [0.717, 1.165) is 17.7 Å². The summed E-state index contributed by atoms with van der Waals surface area (Å²) in [5.74, 6) is -0.353. The number of rotatable bonds is 4. The lowest BCUT2D eigenvalue weighted by Crippen LogP contribution is -2.29. The first kappa shape index (κ1) is 12.9. The second-order valence-electron chi connectivity index (χ2n) is 5.01. The van der Waals surface area contributed by atoms with Crippen molar-refractivity contribution in [3.8, 4) is 0 Å². The fourth-order valence-corrected chi connectivity index (χ4v) is 2.67. The van der Waals surface area contributed by atoms with Gasteiger partial charge in [0.05, 0.1) is 5.56 Å². The fourth-order valence-electron chi connectivity index (χ4n) is 2.67. The topological polar surface area (TPSA) is 75.3 Å². The van der Waals surface area contributed by atoms with Crippen LogP contribution in [0.15, 0.2) is 18.2 Å². The van der Waals surface area contributed by atoms with E-state index in [1.165, 1.54) is 12.8 Å². The van der Waals surface area contributed by atoms with E-state index in [4.69, 9.17) is 10.8 Å². The predicted molar refractivity (Wildman–Crippen MR) is 71.9 cm³/mol. The molecule has 1 fully saturated rings. The molecule has 98 valence electrons. The average molecular weight is 248 g/mol. The van der Waals surface area contributed by atoms with Crippen LogP contribution in [0, 0.1) is 12.8 Å². The van der Waals surface area contributed by atoms with Crippen LogP contribution in [0.2, 0.25) is 0 Å². The lowest BCUT2D eigenvalue weighted by molar-refractivity contribution is 0.0697. The van der Waals surface area contributed by atoms with Gasteiger partial charge in [-0.3, -0.25) is 0 Å². The maximum atomic E-state index is 10.9. The van der Waals surface area contributed by atoms with Crippen molar-refractivity contribution in [1.82, 2.24) is 0 Å². The van der Waals surface area contributed by atoms with Crippen molar-refractivity contribution in [3.05, 3.63) is 29.3 Å². The summed E-state index contributed by atoms with van der Waals surface area (Å²) in [6.45, 7) is 2.64. The summed E-state index contributed by atoms with van der Waals surface area (Å²) >= 11 is 0. The van der Waals surface area contributed by atoms with Crippen molar-refractivity contribution in [3.63, 3.8) is 0 Å². The Morgan fingerprint density at radius 3 is 2.89 bits per heavy atom. The maximum Gasteiger partial charge on any atom is 0.335 e. The molecule has 1 aromatic rings. The fraction of sp³-hybridized carbons (Fsp3) is 0.500. The van der Waals surface area contributed by atoms with E-state index in [2.05, 4.69) is 5.32 Å². The van der Waals surface area contributed by atoms with E-state index in [1.807, 2.05) is 13.0 Å². The Hall–Kier alpha value is -1.55. The molecule has 0 bridgehead atoms. The van der Waals surface area contributed by atoms with Crippen molar-refractivity contribution in [2.24, 2.45) is 11.7 Å². The zero-order chi connectivity index (χ0) is 13.1. The van der Waals surface area contributed by atoms with Crippen LogP contribution in [0.5, 0.6) is 0 Å². The Kier molecular flexibility index (Phi) is 3.87. The van der Waals surface area contributed by atoms with E-state index in [1.54, 1.807) is 12.1 Å². The normalized spacial score (nSPS) is 23.0. The Balaban J connectivity index is 2.12. The molecule has 0 saturated heterocycles. The molecule has 0 aromatic heterocycles. The number of nitrogens with two attached hydrogens (primary N) is 1. The van der Waals surface area contributed by atoms with Gasteiger partial charge in [0.25, 0.3) is 0 Å². The number of aryl methyl sites for hydroxylation is 1. The summed E-state index contributed by atoms with van der Waals surface area (Å²) in [4.78, 5) is 10.9. The van der Waals surface area contributed by atoms with Crippen LogP contribution in [-0.4, -0.2) is 23.7 Å². The highest BCUT2D eigenvalue weighted by Crippen LogP contribution is 2.29. The number of nitrogens with one attached hydrogen (secondary N) is 1. The molecule has 2 atom stereocenters. The third-order valence-electron chi connectivity index (χ3n) is 3.78. The number of hydrogen-bond acceptors (Lipinski definition) is 3. The molecule has 0 amide bonds. The van der Waals surface area contributed by atoms with Crippen LogP contribution in [0.3, 0.4) is 0 Å². The molecule has 2 unspecified atom stereocenters. The molecule has 4 nitrogen and oxygen atoms in total. The number of carboxylic acid groups (broad SMARTS) is 1. The van der Waals surface area contributed by atoms with Crippen molar-refractivity contribution >= 4 is 11.7 Å². The van der Waals surface area contributed by atoms with Gasteiger partial charge in [0.2, 0.25) is 0 Å². The quantitative estimate of drug-likeness (QED) is 0.763. The smallest absolute Gasteiger partial charge is 0.335 e. The van der Waals surface area contributed by atoms with Gasteiger partial charge in [0.15, 0.2) is 0 Å². The zero-order valence-electron chi connectivity index (χ0n) is 10.6. The Bertz CT molecular complexity index is 445. The van der Waals surface area contributed by atoms with Crippen molar-refractivity contribution in [1.29, 1.82) is 0 Å². The van der Waals surface area contributed by atoms with E-state index in [9.17, 15) is 4.79 Å². The minimum Gasteiger partial charge on any atom is -0.478 e. The third-order valence-corrected chi connectivity index (χ3v) is 3.78. The molecule has 0 aliphatic heterocycles. The van der Waals surface area contributed by atoms with E-state index < -0.39 is 5.97 Å². The van der Waals surface area contributed by atoms with Crippen molar-refractivity contribution in [2.45, 2.75) is 32.2 Å². The van der Waals surface area contributed by atoms with Gasteiger partial charge < -0.3 is 16.2 Å². The van der Waals surface area contributed by atoms with Crippen LogP contribution in [0.25, 0.3) is 0 Å². The minimum absolute atomic E-state index is 0.333. The van der Waals surface area contributed by atoms with Gasteiger partial charge in [-0.2, -0.15) is 0 Å². The molecule has 0 heterocycles. The molecule has 2 rings (SSSR count). The van der Waals surface area contributed by atoms with Crippen LogP contribution in [0.4, 0.5) is 5.69 Å². The summed E-state index contributed by atoms with van der Waals surface area (Å²) in [5.41, 5.74) is 8.08. The number of anilines is 1. The molecule has 1 aliphatic rings. The molecule has 1 aromatic carbocycles. The summed E-state index contributed by atoms with van der Waals surface area (Å²) in [6.07, 6.45) is 3.54. The summed E-state index contributed by atoms with van der Waals surface area (Å²) in [5, 5.41) is 12.4. The Morgan fingerprint density at radius 1 is 1.50 bits per heavy atom. The average Bonchev–Trinajstić information content (AvgIpc) is 2.78. The lowest BCUT2D eigenvalue weighted by atomic mass is 10.0. The van der Waals surface area contributed by atoms with Gasteiger partial charge >= 0.3 is 5.97 Å². The standard InChI is InChI=1S/C14H20N2O2/c1-9-7-10(14(17)18)5-6-12(9)16-13-4-2-3-11(13)8-15/h5-7,11,13,16H,2-4,8,15H2,1H3,(H,17,18). The molecule has 4 N–H and O–H groups in total. The Morgan fingerprint density at radius 2 is 2.28 bits per heavy atom. The molecule has 4 heteroatoms. The second-order valence-corrected chi connectivity index (χ2v) is 5.01. The van der Waals surface area contributed by atoms with E-state index in [0.29, 0.717) is 24.1 Å². The highest BCUT2D eigenvalue weighted by atomic mass is 16.4. The molecule has 1 aliphatic carbocycles. The number of benzene rings is 1. The molecule has 1 saturated carbocycles. The summed E-state index contributed by atoms with van der Waals surface area (Å²) < 4.78 is 0. The minimum atomic E-state index is -0.884. The molecule has 0 spiro atoms. The van der Waals surface area contributed by atoms with Gasteiger partial charge in [-0.05, 0) is 56.0 Å². The first-order chi connectivity index (χ1) is 8.61. The molecular weight excluding hydrogens is 228 g/mol. The highest BCUT2D eigenvalue weighted by molar-refractivity contribution is 5.88. The van der Waals surface area contributed by atoms with Crippen molar-refractivity contribution < 1.29 is 9.90 Å². The molecule has 18 heavy (non-hydrogen) atoms. The molecular formula is C14H20N2O2. The second kappa shape index (κ2) is 5.40. The SMILES string of the molecule is Cc1cc(C(=O)O)ccc1NC1CCCC1CN. The van der Waals surface area contributed by atoms with Crippen LogP contribution in [-0.2, 0) is 0 Å². The van der Waals surface area contributed by atoms with Crippen LogP contribution >= 0.6 is 0 Å². The highest BCUT2D eigenvalue weighted by Gasteiger charge is 2.26. The van der Waals surface area contributed by atoms with Crippen LogP contribution in [0.1, 0.15) is 35.2 Å². The van der Waals surface area contributed by atoms with Gasteiger partial charge in [0, 0.05) is 11.7 Å². The van der Waals surface area contributed by atoms with Gasteiger partial charge in [0.1, 0.15) is 0 Å². The van der Waals surface area contributed by atoms with E-state index in [-0.39, 0.29) is 0 Å². The monoisotopic (exact) mass is 248 g/mol. The van der Waals surface area contributed by atoms with Crippen LogP contribution < -0.4 is 11.1 Å². The first-order valence-electron chi connectivity index (χ1n) is 6.42. The van der Waals surface area contributed by atoms with Gasteiger partial charge in [-0.15, -0.1) is 0 Å². The maximum absolute atomic E-state index is 10.9. The van der Waals surface area contributed by atoms with Gasteiger partial charge in [-0.1, -0.05) is 6.42 Å². The van der Waals surface area contributed by atoms with Crippen molar-refractivity contribution in [2.75, 3.05) is 11.9 Å². The molecule has 0 radical (unpaired) electrons. The largest absolute Gasteiger partial charge is 0.478 e. The summed E-state index contributed by atoms with van der Waals surface area (Å²) in [7, 11) is 0.